The van der Waals surface area contributed by atoms with Crippen LogP contribution in [0.4, 0.5) is 0 Å². The van der Waals surface area contributed by atoms with Gasteiger partial charge in [-0.25, -0.2) is 0 Å². The predicted octanol–water partition coefficient (Wildman–Crippen LogP) is 3.65. The summed E-state index contributed by atoms with van der Waals surface area (Å²) in [5.41, 5.74) is 2.55. The van der Waals surface area contributed by atoms with Gasteiger partial charge in [0.2, 0.25) is 0 Å². The number of hydrogen-bond donors (Lipinski definition) is 0. The number of benzene rings is 2. The van der Waals surface area contributed by atoms with Crippen molar-refractivity contribution in [2.75, 3.05) is 41.5 Å². The maximum atomic E-state index is 12.9. The zero-order chi connectivity index (χ0) is 20.1. The first-order chi connectivity index (χ1) is 13.6. The van der Waals surface area contributed by atoms with Crippen molar-refractivity contribution >= 4 is 11.5 Å². The van der Waals surface area contributed by atoms with Crippen LogP contribution in [0, 0.1) is 0 Å². The molecule has 0 bridgehead atoms. The van der Waals surface area contributed by atoms with Crippen molar-refractivity contribution in [3.8, 4) is 23.0 Å². The molecular formula is C22H25NO5. The van der Waals surface area contributed by atoms with Crippen molar-refractivity contribution in [1.29, 1.82) is 0 Å². The van der Waals surface area contributed by atoms with Crippen molar-refractivity contribution in [1.82, 2.24) is 4.90 Å². The number of rotatable bonds is 6. The SMILES string of the molecule is COc1cc(OC)c(C2=CCN(C(=O)c3ccccc3OC)CC2)c(OC)c1. The van der Waals surface area contributed by atoms with E-state index in [1.807, 2.05) is 35.2 Å². The lowest BCUT2D eigenvalue weighted by Crippen LogP contribution is -2.34. The third-order valence-corrected chi connectivity index (χ3v) is 4.87. The number of carbonyl (C=O) groups excluding carboxylic acids is 1. The highest BCUT2D eigenvalue weighted by molar-refractivity contribution is 5.97. The van der Waals surface area contributed by atoms with E-state index in [9.17, 15) is 4.79 Å². The van der Waals surface area contributed by atoms with Crippen LogP contribution >= 0.6 is 0 Å². The Balaban J connectivity index is 1.87. The second-order valence-electron chi connectivity index (χ2n) is 6.34. The summed E-state index contributed by atoms with van der Waals surface area (Å²) in [7, 11) is 6.43. The number of amides is 1. The van der Waals surface area contributed by atoms with Crippen LogP contribution in [0.5, 0.6) is 23.0 Å². The van der Waals surface area contributed by atoms with Crippen molar-refractivity contribution < 1.29 is 23.7 Å². The highest BCUT2D eigenvalue weighted by Gasteiger charge is 2.25. The Morgan fingerprint density at radius 3 is 2.07 bits per heavy atom. The van der Waals surface area contributed by atoms with Gasteiger partial charge in [0.05, 0.1) is 39.6 Å². The van der Waals surface area contributed by atoms with Crippen LogP contribution in [0.15, 0.2) is 42.5 Å². The average molecular weight is 383 g/mol. The molecule has 0 aliphatic carbocycles. The highest BCUT2D eigenvalue weighted by atomic mass is 16.5. The quantitative estimate of drug-likeness (QED) is 0.762. The van der Waals surface area contributed by atoms with Crippen LogP contribution in [-0.4, -0.2) is 52.3 Å². The van der Waals surface area contributed by atoms with E-state index in [2.05, 4.69) is 0 Å². The van der Waals surface area contributed by atoms with Gasteiger partial charge in [0, 0.05) is 25.2 Å². The standard InChI is InChI=1S/C22H25NO5/c1-25-16-13-19(27-3)21(20(14-16)28-4)15-9-11-23(12-10-15)22(24)17-7-5-6-8-18(17)26-2/h5-9,13-14H,10-12H2,1-4H3. The molecule has 3 rings (SSSR count). The molecule has 0 saturated heterocycles. The molecule has 0 saturated carbocycles. The normalized spacial score (nSPS) is 13.6. The topological polar surface area (TPSA) is 57.2 Å². The number of ether oxygens (including phenoxy) is 4. The van der Waals surface area contributed by atoms with E-state index >= 15 is 0 Å². The van der Waals surface area contributed by atoms with E-state index in [1.165, 1.54) is 0 Å². The number of nitrogens with zero attached hydrogens (tertiary/aromatic N) is 1. The Bertz CT molecular complexity index is 865. The smallest absolute Gasteiger partial charge is 0.257 e. The van der Waals surface area contributed by atoms with E-state index in [1.54, 1.807) is 40.6 Å². The first kappa shape index (κ1) is 19.6. The van der Waals surface area contributed by atoms with Crippen LogP contribution in [-0.2, 0) is 0 Å². The highest BCUT2D eigenvalue weighted by Crippen LogP contribution is 2.41. The van der Waals surface area contributed by atoms with Crippen molar-refractivity contribution in [2.45, 2.75) is 6.42 Å². The molecule has 1 heterocycles. The molecule has 148 valence electrons. The third kappa shape index (κ3) is 3.76. The molecule has 0 atom stereocenters. The fraction of sp³-hybridized carbons (Fsp3) is 0.318. The van der Waals surface area contributed by atoms with E-state index in [0.717, 1.165) is 11.1 Å². The van der Waals surface area contributed by atoms with Crippen LogP contribution in [0.3, 0.4) is 0 Å². The molecule has 0 spiro atoms. The molecule has 2 aromatic carbocycles. The van der Waals surface area contributed by atoms with Crippen LogP contribution in [0.25, 0.3) is 5.57 Å². The number of hydrogen-bond acceptors (Lipinski definition) is 5. The molecule has 1 aliphatic rings. The number of para-hydroxylation sites is 1. The molecule has 1 aliphatic heterocycles. The fourth-order valence-electron chi connectivity index (χ4n) is 3.39. The van der Waals surface area contributed by atoms with E-state index in [0.29, 0.717) is 48.1 Å². The first-order valence-corrected chi connectivity index (χ1v) is 9.04. The maximum absolute atomic E-state index is 12.9. The Kier molecular flexibility index (Phi) is 6.09. The summed E-state index contributed by atoms with van der Waals surface area (Å²) in [5, 5.41) is 0. The molecule has 0 aromatic heterocycles. The number of carbonyl (C=O) groups is 1. The van der Waals surface area contributed by atoms with Gasteiger partial charge in [-0.3, -0.25) is 4.79 Å². The zero-order valence-corrected chi connectivity index (χ0v) is 16.7. The summed E-state index contributed by atoms with van der Waals surface area (Å²) in [6.07, 6.45) is 2.74. The Labute approximate surface area is 165 Å². The lowest BCUT2D eigenvalue weighted by atomic mass is 9.96. The minimum Gasteiger partial charge on any atom is -0.496 e. The molecule has 0 radical (unpaired) electrons. The van der Waals surface area contributed by atoms with Crippen LogP contribution in [0.2, 0.25) is 0 Å². The summed E-state index contributed by atoms with van der Waals surface area (Å²) in [4.78, 5) is 14.7. The minimum atomic E-state index is -0.0404. The van der Waals surface area contributed by atoms with Crippen molar-refractivity contribution in [2.24, 2.45) is 0 Å². The molecule has 1 amide bonds. The van der Waals surface area contributed by atoms with Crippen molar-refractivity contribution in [3.05, 3.63) is 53.6 Å². The Morgan fingerprint density at radius 2 is 1.54 bits per heavy atom. The van der Waals surface area contributed by atoms with E-state index < -0.39 is 0 Å². The largest absolute Gasteiger partial charge is 0.496 e. The molecule has 0 fully saturated rings. The van der Waals surface area contributed by atoms with Gasteiger partial charge < -0.3 is 23.8 Å². The van der Waals surface area contributed by atoms with Crippen molar-refractivity contribution in [3.63, 3.8) is 0 Å². The lowest BCUT2D eigenvalue weighted by molar-refractivity contribution is 0.0769. The summed E-state index contributed by atoms with van der Waals surface area (Å²) in [6.45, 7) is 1.10. The summed E-state index contributed by atoms with van der Waals surface area (Å²) < 4.78 is 21.8. The zero-order valence-electron chi connectivity index (χ0n) is 16.7. The van der Waals surface area contributed by atoms with Gasteiger partial charge in [0.15, 0.2) is 0 Å². The first-order valence-electron chi connectivity index (χ1n) is 9.04. The molecule has 28 heavy (non-hydrogen) atoms. The Hall–Kier alpha value is -3.15. The predicted molar refractivity (Wildman–Crippen MR) is 108 cm³/mol. The van der Waals surface area contributed by atoms with Gasteiger partial charge in [-0.1, -0.05) is 18.2 Å². The minimum absolute atomic E-state index is 0.0404. The number of methoxy groups -OCH3 is 4. The molecule has 2 aromatic rings. The molecule has 0 unspecified atom stereocenters. The molecule has 6 nitrogen and oxygen atoms in total. The Morgan fingerprint density at radius 1 is 0.893 bits per heavy atom. The average Bonchev–Trinajstić information content (AvgIpc) is 2.77. The summed E-state index contributed by atoms with van der Waals surface area (Å²) >= 11 is 0. The monoisotopic (exact) mass is 383 g/mol. The lowest BCUT2D eigenvalue weighted by Gasteiger charge is -2.28. The van der Waals surface area contributed by atoms with E-state index in [-0.39, 0.29) is 5.91 Å². The molecular weight excluding hydrogens is 358 g/mol. The van der Waals surface area contributed by atoms with Gasteiger partial charge in [0.1, 0.15) is 23.0 Å². The third-order valence-electron chi connectivity index (χ3n) is 4.87. The molecule has 0 N–H and O–H groups in total. The second kappa shape index (κ2) is 8.69. The van der Waals surface area contributed by atoms with E-state index in [4.69, 9.17) is 18.9 Å². The second-order valence-corrected chi connectivity index (χ2v) is 6.34. The fourth-order valence-corrected chi connectivity index (χ4v) is 3.39. The van der Waals surface area contributed by atoms with Gasteiger partial charge in [-0.05, 0) is 24.1 Å². The van der Waals surface area contributed by atoms with Crippen LogP contribution < -0.4 is 18.9 Å². The van der Waals surface area contributed by atoms with Gasteiger partial charge >= 0.3 is 0 Å². The van der Waals surface area contributed by atoms with Crippen LogP contribution in [0.1, 0.15) is 22.3 Å². The summed E-state index contributed by atoms with van der Waals surface area (Å²) in [5.74, 6) is 2.59. The van der Waals surface area contributed by atoms with Gasteiger partial charge in [-0.15, -0.1) is 0 Å². The van der Waals surface area contributed by atoms with Gasteiger partial charge in [-0.2, -0.15) is 0 Å². The maximum Gasteiger partial charge on any atom is 0.257 e. The summed E-state index contributed by atoms with van der Waals surface area (Å²) in [6, 6.07) is 11.0. The molecule has 6 heteroatoms. The van der Waals surface area contributed by atoms with Gasteiger partial charge in [0.25, 0.3) is 5.91 Å².